The lowest BCUT2D eigenvalue weighted by atomic mass is 10.1. The zero-order valence-corrected chi connectivity index (χ0v) is 14.3. The molecule has 1 aliphatic rings. The number of hydrogen-bond donors (Lipinski definition) is 4. The first-order valence-electron chi connectivity index (χ1n) is 8.18. The van der Waals surface area contributed by atoms with Gasteiger partial charge in [-0.2, -0.15) is 0 Å². The number of H-pyrrole nitrogens is 1. The van der Waals surface area contributed by atoms with E-state index < -0.39 is 42.4 Å². The number of aromatic nitrogens is 5. The standard InChI is InChI=1S/C15H21N5O6/c1-7(2)9-5-19(18-17-9)3-8-4-20(15(25)16-13(8)24)14-12(23)11(22)10(6-21)26-14/h4-5,7,10-12,14,21-23H,3,6H2,1-2H3,(H,16,24,25). The number of aliphatic hydroxyl groups is 3. The van der Waals surface area contributed by atoms with Crippen molar-refractivity contribution in [2.24, 2.45) is 0 Å². The van der Waals surface area contributed by atoms with Crippen molar-refractivity contribution >= 4 is 0 Å². The van der Waals surface area contributed by atoms with E-state index in [4.69, 9.17) is 9.84 Å². The Balaban J connectivity index is 1.92. The zero-order chi connectivity index (χ0) is 19.0. The number of hydrogen-bond acceptors (Lipinski definition) is 8. The van der Waals surface area contributed by atoms with E-state index in [0.717, 1.165) is 10.3 Å². The summed E-state index contributed by atoms with van der Waals surface area (Å²) in [4.78, 5) is 26.4. The van der Waals surface area contributed by atoms with Gasteiger partial charge in [0.2, 0.25) is 0 Å². The molecule has 3 rings (SSSR count). The molecule has 26 heavy (non-hydrogen) atoms. The predicted molar refractivity (Wildman–Crippen MR) is 87.5 cm³/mol. The quantitative estimate of drug-likeness (QED) is 0.469. The molecule has 1 aliphatic heterocycles. The Morgan fingerprint density at radius 1 is 1.27 bits per heavy atom. The summed E-state index contributed by atoms with van der Waals surface area (Å²) in [5.41, 5.74) is -0.435. The van der Waals surface area contributed by atoms with Crippen LogP contribution in [0.3, 0.4) is 0 Å². The largest absolute Gasteiger partial charge is 0.394 e. The smallest absolute Gasteiger partial charge is 0.330 e. The van der Waals surface area contributed by atoms with Crippen LogP contribution in [0.15, 0.2) is 22.0 Å². The molecule has 0 spiro atoms. The molecule has 0 aliphatic carbocycles. The second-order valence-corrected chi connectivity index (χ2v) is 6.55. The van der Waals surface area contributed by atoms with Crippen LogP contribution in [0.4, 0.5) is 0 Å². The van der Waals surface area contributed by atoms with Gasteiger partial charge in [-0.15, -0.1) is 5.10 Å². The van der Waals surface area contributed by atoms with E-state index >= 15 is 0 Å². The highest BCUT2D eigenvalue weighted by atomic mass is 16.6. The van der Waals surface area contributed by atoms with Crippen LogP contribution in [-0.2, 0) is 11.3 Å². The molecule has 142 valence electrons. The first kappa shape index (κ1) is 18.5. The van der Waals surface area contributed by atoms with Gasteiger partial charge >= 0.3 is 5.69 Å². The summed E-state index contributed by atoms with van der Waals surface area (Å²) >= 11 is 0. The molecule has 1 fully saturated rings. The van der Waals surface area contributed by atoms with Crippen LogP contribution in [0.1, 0.15) is 37.3 Å². The molecule has 11 nitrogen and oxygen atoms in total. The first-order chi connectivity index (χ1) is 12.3. The maximum atomic E-state index is 12.1. The predicted octanol–water partition coefficient (Wildman–Crippen LogP) is -2.09. The molecule has 11 heteroatoms. The van der Waals surface area contributed by atoms with Gasteiger partial charge in [0.25, 0.3) is 5.56 Å². The molecule has 3 heterocycles. The van der Waals surface area contributed by atoms with Gasteiger partial charge in [0, 0.05) is 12.4 Å². The van der Waals surface area contributed by atoms with Crippen LogP contribution >= 0.6 is 0 Å². The van der Waals surface area contributed by atoms with Crippen LogP contribution in [0.5, 0.6) is 0 Å². The third-order valence-corrected chi connectivity index (χ3v) is 4.31. The molecule has 0 radical (unpaired) electrons. The Morgan fingerprint density at radius 2 is 2.00 bits per heavy atom. The summed E-state index contributed by atoms with van der Waals surface area (Å²) in [6.07, 6.45) is -2.09. The van der Waals surface area contributed by atoms with Crippen molar-refractivity contribution in [1.82, 2.24) is 24.5 Å². The fourth-order valence-electron chi connectivity index (χ4n) is 2.77. The van der Waals surface area contributed by atoms with E-state index in [2.05, 4.69) is 15.3 Å². The van der Waals surface area contributed by atoms with Crippen molar-refractivity contribution in [2.45, 2.75) is 50.8 Å². The van der Waals surface area contributed by atoms with E-state index in [1.165, 1.54) is 10.9 Å². The van der Waals surface area contributed by atoms with E-state index in [9.17, 15) is 19.8 Å². The summed E-state index contributed by atoms with van der Waals surface area (Å²) in [6.45, 7) is 3.47. The van der Waals surface area contributed by atoms with Crippen molar-refractivity contribution in [1.29, 1.82) is 0 Å². The van der Waals surface area contributed by atoms with Crippen LogP contribution < -0.4 is 11.2 Å². The maximum Gasteiger partial charge on any atom is 0.330 e. The highest BCUT2D eigenvalue weighted by molar-refractivity contribution is 5.08. The Kier molecular flexibility index (Phi) is 5.05. The van der Waals surface area contributed by atoms with Crippen LogP contribution in [0, 0.1) is 0 Å². The number of nitrogens with one attached hydrogen (secondary N) is 1. The molecular weight excluding hydrogens is 346 g/mol. The number of rotatable bonds is 5. The van der Waals surface area contributed by atoms with Crippen molar-refractivity contribution in [2.75, 3.05) is 6.61 Å². The average Bonchev–Trinajstić information content (AvgIpc) is 3.17. The van der Waals surface area contributed by atoms with E-state index in [-0.39, 0.29) is 18.0 Å². The van der Waals surface area contributed by atoms with Gasteiger partial charge in [0.15, 0.2) is 6.23 Å². The molecule has 0 amide bonds. The number of aliphatic hydroxyl groups excluding tert-OH is 3. The van der Waals surface area contributed by atoms with Crippen LogP contribution in [0.2, 0.25) is 0 Å². The molecule has 0 saturated carbocycles. The molecule has 2 aromatic heterocycles. The SMILES string of the molecule is CC(C)c1cn(Cc2cn(C3OC(CO)C(O)C3O)c(=O)[nH]c2=O)nn1. The molecule has 0 bridgehead atoms. The number of nitrogens with zero attached hydrogens (tertiary/aromatic N) is 4. The van der Waals surface area contributed by atoms with Gasteiger partial charge < -0.3 is 20.1 Å². The normalized spacial score (nSPS) is 25.9. The van der Waals surface area contributed by atoms with Gasteiger partial charge in [-0.25, -0.2) is 9.48 Å². The third-order valence-electron chi connectivity index (χ3n) is 4.31. The Hall–Kier alpha value is -2.34. The van der Waals surface area contributed by atoms with Crippen LogP contribution in [-0.4, -0.2) is 64.8 Å². The summed E-state index contributed by atoms with van der Waals surface area (Å²) in [5.74, 6) is 0.176. The maximum absolute atomic E-state index is 12.1. The lowest BCUT2D eigenvalue weighted by molar-refractivity contribution is -0.0551. The Labute approximate surface area is 147 Å². The third kappa shape index (κ3) is 3.33. The van der Waals surface area contributed by atoms with Gasteiger partial charge in [-0.3, -0.25) is 14.3 Å². The van der Waals surface area contributed by atoms with Gasteiger partial charge in [-0.1, -0.05) is 19.1 Å². The van der Waals surface area contributed by atoms with E-state index in [1.54, 1.807) is 6.20 Å². The second-order valence-electron chi connectivity index (χ2n) is 6.55. The number of ether oxygens (including phenoxy) is 1. The summed E-state index contributed by atoms with van der Waals surface area (Å²) in [6, 6.07) is 0. The van der Waals surface area contributed by atoms with Crippen molar-refractivity contribution in [3.8, 4) is 0 Å². The summed E-state index contributed by atoms with van der Waals surface area (Å²) in [5, 5.41) is 37.1. The number of aromatic amines is 1. The zero-order valence-electron chi connectivity index (χ0n) is 14.3. The fourth-order valence-corrected chi connectivity index (χ4v) is 2.77. The van der Waals surface area contributed by atoms with Crippen molar-refractivity contribution < 1.29 is 20.1 Å². The molecular formula is C15H21N5O6. The van der Waals surface area contributed by atoms with Gasteiger partial charge in [0.1, 0.15) is 18.3 Å². The minimum Gasteiger partial charge on any atom is -0.394 e. The molecule has 4 N–H and O–H groups in total. The Morgan fingerprint density at radius 3 is 2.58 bits per heavy atom. The first-order valence-corrected chi connectivity index (χ1v) is 8.18. The van der Waals surface area contributed by atoms with Gasteiger partial charge in [0.05, 0.1) is 24.4 Å². The minimum atomic E-state index is -1.43. The fraction of sp³-hybridized carbons (Fsp3) is 0.600. The van der Waals surface area contributed by atoms with Crippen molar-refractivity contribution in [3.05, 3.63) is 44.5 Å². The molecule has 1 saturated heterocycles. The lowest BCUT2D eigenvalue weighted by Crippen LogP contribution is -2.39. The highest BCUT2D eigenvalue weighted by Gasteiger charge is 2.43. The molecule has 2 aromatic rings. The summed E-state index contributed by atoms with van der Waals surface area (Å²) in [7, 11) is 0. The highest BCUT2D eigenvalue weighted by Crippen LogP contribution is 2.28. The molecule has 0 aromatic carbocycles. The van der Waals surface area contributed by atoms with Crippen molar-refractivity contribution in [3.63, 3.8) is 0 Å². The van der Waals surface area contributed by atoms with E-state index in [1.807, 2.05) is 13.8 Å². The minimum absolute atomic E-state index is 0.0597. The lowest BCUT2D eigenvalue weighted by Gasteiger charge is -2.18. The second kappa shape index (κ2) is 7.11. The molecule has 4 unspecified atom stereocenters. The Bertz CT molecular complexity index is 887. The molecule has 4 atom stereocenters. The topological polar surface area (TPSA) is 155 Å². The average molecular weight is 367 g/mol. The summed E-state index contributed by atoms with van der Waals surface area (Å²) < 4.78 is 7.79. The van der Waals surface area contributed by atoms with E-state index in [0.29, 0.717) is 0 Å². The van der Waals surface area contributed by atoms with Gasteiger partial charge in [-0.05, 0) is 5.92 Å². The van der Waals surface area contributed by atoms with Crippen LogP contribution in [0.25, 0.3) is 0 Å². The monoisotopic (exact) mass is 367 g/mol.